The molecule has 140 valence electrons. The minimum Gasteiger partial charge on any atom is -0.343 e. The first-order valence-corrected chi connectivity index (χ1v) is 10.8. The fraction of sp³-hybridized carbons (Fsp3) is 0.316. The Morgan fingerprint density at radius 1 is 1.26 bits per heavy atom. The molecular formula is C19H19ClN4OS2. The van der Waals surface area contributed by atoms with Crippen molar-refractivity contribution in [3.63, 3.8) is 0 Å². The highest BCUT2D eigenvalue weighted by Gasteiger charge is 2.29. The van der Waals surface area contributed by atoms with Gasteiger partial charge in [-0.05, 0) is 36.1 Å². The van der Waals surface area contributed by atoms with E-state index >= 15 is 0 Å². The van der Waals surface area contributed by atoms with Gasteiger partial charge in [-0.2, -0.15) is 4.37 Å². The van der Waals surface area contributed by atoms with E-state index in [0.717, 1.165) is 39.5 Å². The van der Waals surface area contributed by atoms with E-state index in [9.17, 15) is 4.79 Å². The highest BCUT2D eigenvalue weighted by Crippen LogP contribution is 2.24. The molecule has 0 saturated carbocycles. The van der Waals surface area contributed by atoms with E-state index < -0.39 is 0 Å². The van der Waals surface area contributed by atoms with Crippen LogP contribution in [0.5, 0.6) is 0 Å². The molecule has 1 aliphatic heterocycles. The third kappa shape index (κ3) is 4.15. The molecule has 1 atom stereocenters. The van der Waals surface area contributed by atoms with Gasteiger partial charge in [-0.3, -0.25) is 4.79 Å². The molecule has 0 radical (unpaired) electrons. The van der Waals surface area contributed by atoms with E-state index in [1.807, 2.05) is 46.7 Å². The number of rotatable bonds is 4. The molecule has 1 aliphatic rings. The summed E-state index contributed by atoms with van der Waals surface area (Å²) in [6.45, 7) is 4.33. The topological polar surface area (TPSA) is 49.3 Å². The highest BCUT2D eigenvalue weighted by atomic mass is 35.5. The predicted molar refractivity (Wildman–Crippen MR) is 111 cm³/mol. The van der Waals surface area contributed by atoms with Gasteiger partial charge in [0.05, 0.1) is 4.88 Å². The van der Waals surface area contributed by atoms with Crippen molar-refractivity contribution in [3.8, 4) is 0 Å². The van der Waals surface area contributed by atoms with E-state index in [-0.39, 0.29) is 11.9 Å². The van der Waals surface area contributed by atoms with Crippen LogP contribution in [0.25, 0.3) is 0 Å². The second kappa shape index (κ2) is 7.96. The summed E-state index contributed by atoms with van der Waals surface area (Å²) in [5.74, 6) is 0.944. The number of benzene rings is 1. The molecule has 5 nitrogen and oxygen atoms in total. The lowest BCUT2D eigenvalue weighted by Gasteiger charge is -2.39. The average molecular weight is 419 g/mol. The van der Waals surface area contributed by atoms with E-state index in [1.54, 1.807) is 0 Å². The van der Waals surface area contributed by atoms with E-state index in [4.69, 9.17) is 16.6 Å². The monoisotopic (exact) mass is 418 g/mol. The molecule has 3 heterocycles. The molecule has 0 bridgehead atoms. The van der Waals surface area contributed by atoms with Crippen LogP contribution in [0.3, 0.4) is 0 Å². The quantitative estimate of drug-likeness (QED) is 0.637. The number of carbonyl (C=O) groups excluding carboxylic acids is 1. The van der Waals surface area contributed by atoms with Crippen molar-refractivity contribution in [2.75, 3.05) is 24.5 Å². The van der Waals surface area contributed by atoms with Crippen LogP contribution in [0, 0.1) is 0 Å². The Bertz CT molecular complexity index is 910. The molecule has 8 heteroatoms. The summed E-state index contributed by atoms with van der Waals surface area (Å²) in [7, 11) is 0. The van der Waals surface area contributed by atoms with E-state index in [0.29, 0.717) is 13.0 Å². The predicted octanol–water partition coefficient (Wildman–Crippen LogP) is 4.19. The molecule has 1 fully saturated rings. The number of amides is 1. The Kier molecular flexibility index (Phi) is 5.43. The molecule has 1 amide bonds. The van der Waals surface area contributed by atoms with Crippen molar-refractivity contribution in [1.82, 2.24) is 14.3 Å². The van der Waals surface area contributed by atoms with Gasteiger partial charge in [0.25, 0.3) is 5.91 Å². The lowest BCUT2D eigenvalue weighted by molar-refractivity contribution is 0.0679. The molecule has 27 heavy (non-hydrogen) atoms. The van der Waals surface area contributed by atoms with Gasteiger partial charge >= 0.3 is 0 Å². The van der Waals surface area contributed by atoms with Gasteiger partial charge in [-0.25, -0.2) is 4.98 Å². The van der Waals surface area contributed by atoms with Crippen molar-refractivity contribution in [3.05, 3.63) is 63.1 Å². The Hall–Kier alpha value is -1.96. The summed E-state index contributed by atoms with van der Waals surface area (Å²) in [5, 5.41) is 3.60. The van der Waals surface area contributed by atoms with Crippen molar-refractivity contribution >= 4 is 45.5 Å². The van der Waals surface area contributed by atoms with Crippen LogP contribution in [0.2, 0.25) is 5.02 Å². The van der Waals surface area contributed by atoms with Crippen molar-refractivity contribution < 1.29 is 4.79 Å². The zero-order chi connectivity index (χ0) is 18.8. The first kappa shape index (κ1) is 18.4. The molecular weight excluding hydrogens is 400 g/mol. The summed E-state index contributed by atoms with van der Waals surface area (Å²) in [5.41, 5.74) is 1.14. The lowest BCUT2D eigenvalue weighted by Crippen LogP contribution is -2.54. The maximum atomic E-state index is 12.6. The average Bonchev–Trinajstić information content (AvgIpc) is 3.35. The minimum absolute atomic E-state index is 0.123. The summed E-state index contributed by atoms with van der Waals surface area (Å²) in [6, 6.07) is 11.7. The van der Waals surface area contributed by atoms with Gasteiger partial charge in [-0.1, -0.05) is 29.8 Å². The Morgan fingerprint density at radius 3 is 2.78 bits per heavy atom. The third-order valence-electron chi connectivity index (χ3n) is 4.62. The maximum absolute atomic E-state index is 12.6. The van der Waals surface area contributed by atoms with E-state index in [1.165, 1.54) is 22.9 Å². The first-order chi connectivity index (χ1) is 13.1. The molecule has 2 aromatic heterocycles. The Labute approximate surface area is 171 Å². The zero-order valence-corrected chi connectivity index (χ0v) is 17.2. The molecule has 1 unspecified atom stereocenters. The number of carbonyl (C=O) groups is 1. The number of halogens is 1. The van der Waals surface area contributed by atoms with Crippen LogP contribution in [-0.2, 0) is 6.42 Å². The van der Waals surface area contributed by atoms with Gasteiger partial charge in [0.2, 0.25) is 5.13 Å². The number of hydrogen-bond donors (Lipinski definition) is 0. The first-order valence-electron chi connectivity index (χ1n) is 8.76. The second-order valence-electron chi connectivity index (χ2n) is 6.57. The molecule has 0 aliphatic carbocycles. The zero-order valence-electron chi connectivity index (χ0n) is 14.8. The van der Waals surface area contributed by atoms with Crippen molar-refractivity contribution in [2.24, 2.45) is 0 Å². The number of aromatic nitrogens is 2. The number of piperazine rings is 1. The summed E-state index contributed by atoms with van der Waals surface area (Å²) < 4.78 is 4.51. The normalized spacial score (nSPS) is 17.3. The fourth-order valence-electron chi connectivity index (χ4n) is 3.20. The van der Waals surface area contributed by atoms with Crippen molar-refractivity contribution in [1.29, 1.82) is 0 Å². The molecule has 0 N–H and O–H groups in total. The van der Waals surface area contributed by atoms with Crippen LogP contribution in [0.15, 0.2) is 41.8 Å². The molecule has 1 saturated heterocycles. The van der Waals surface area contributed by atoms with Crippen LogP contribution in [-0.4, -0.2) is 45.8 Å². The van der Waals surface area contributed by atoms with Crippen LogP contribution in [0.1, 0.15) is 28.0 Å². The Morgan fingerprint density at radius 2 is 2.07 bits per heavy atom. The van der Waals surface area contributed by atoms with Crippen LogP contribution in [0.4, 0.5) is 5.13 Å². The van der Waals surface area contributed by atoms with Gasteiger partial charge in [0.1, 0.15) is 5.82 Å². The van der Waals surface area contributed by atoms with Crippen LogP contribution < -0.4 is 4.90 Å². The maximum Gasteiger partial charge on any atom is 0.264 e. The Balaban J connectivity index is 1.40. The SMILES string of the molecule is CC1CN(c2nc(Cc3ccc(Cl)cc3)ns2)CCN1C(=O)c1cccs1. The fourth-order valence-corrected chi connectivity index (χ4v) is 4.73. The minimum atomic E-state index is 0.123. The molecule has 0 spiro atoms. The summed E-state index contributed by atoms with van der Waals surface area (Å²) in [4.78, 5) is 22.3. The lowest BCUT2D eigenvalue weighted by atomic mass is 10.1. The largest absolute Gasteiger partial charge is 0.343 e. The van der Waals surface area contributed by atoms with Crippen molar-refractivity contribution in [2.45, 2.75) is 19.4 Å². The number of hydrogen-bond acceptors (Lipinski definition) is 6. The number of thiophene rings is 1. The molecule has 4 rings (SSSR count). The van der Waals surface area contributed by atoms with Crippen LogP contribution >= 0.6 is 34.5 Å². The van der Waals surface area contributed by atoms with E-state index in [2.05, 4.69) is 16.2 Å². The highest BCUT2D eigenvalue weighted by molar-refractivity contribution is 7.12. The third-order valence-corrected chi connectivity index (χ3v) is 6.55. The van der Waals surface area contributed by atoms with Gasteiger partial charge in [-0.15, -0.1) is 11.3 Å². The van der Waals surface area contributed by atoms with Gasteiger partial charge < -0.3 is 9.80 Å². The standard InChI is InChI=1S/C19H19ClN4OS2/c1-13-12-23(8-9-24(13)18(25)16-3-2-10-26-16)19-21-17(22-27-19)11-14-4-6-15(20)7-5-14/h2-7,10,13H,8-9,11-12H2,1H3. The number of nitrogens with zero attached hydrogens (tertiary/aromatic N) is 4. The molecule has 1 aromatic carbocycles. The van der Waals surface area contributed by atoms with Gasteiger partial charge in [0, 0.05) is 48.7 Å². The summed E-state index contributed by atoms with van der Waals surface area (Å²) in [6.07, 6.45) is 0.694. The number of anilines is 1. The second-order valence-corrected chi connectivity index (χ2v) is 8.68. The smallest absolute Gasteiger partial charge is 0.264 e. The van der Waals surface area contributed by atoms with Gasteiger partial charge in [0.15, 0.2) is 0 Å². The summed E-state index contributed by atoms with van der Waals surface area (Å²) >= 11 is 8.86. The molecule has 3 aromatic rings.